The van der Waals surface area contributed by atoms with Crippen molar-refractivity contribution in [3.8, 4) is 0 Å². The van der Waals surface area contributed by atoms with Crippen molar-refractivity contribution in [1.82, 2.24) is 19.8 Å². The van der Waals surface area contributed by atoms with Crippen LogP contribution in [0, 0.1) is 0 Å². The quantitative estimate of drug-likeness (QED) is 0.916. The summed E-state index contributed by atoms with van der Waals surface area (Å²) in [6.07, 6.45) is 7.52. The van der Waals surface area contributed by atoms with Crippen molar-refractivity contribution in [3.63, 3.8) is 0 Å². The molecule has 3 rings (SSSR count). The molecule has 0 radical (unpaired) electrons. The number of piperidine rings is 1. The van der Waals surface area contributed by atoms with Crippen LogP contribution in [0.25, 0.3) is 0 Å². The highest BCUT2D eigenvalue weighted by molar-refractivity contribution is 5.08. The van der Waals surface area contributed by atoms with Gasteiger partial charge in [-0.1, -0.05) is 20.3 Å². The van der Waals surface area contributed by atoms with E-state index >= 15 is 0 Å². The number of hydrogen-bond acceptors (Lipinski definition) is 5. The summed E-state index contributed by atoms with van der Waals surface area (Å²) in [7, 11) is 0. The fraction of sp³-hybridized carbons (Fsp3) is 0.765. The maximum Gasteiger partial charge on any atom is 0.130 e. The van der Waals surface area contributed by atoms with Crippen LogP contribution in [0.15, 0.2) is 12.4 Å². The molecule has 2 fully saturated rings. The second-order valence-electron chi connectivity index (χ2n) is 7.03. The summed E-state index contributed by atoms with van der Waals surface area (Å²) >= 11 is 0. The van der Waals surface area contributed by atoms with Crippen molar-refractivity contribution >= 4 is 0 Å². The van der Waals surface area contributed by atoms with Crippen molar-refractivity contribution in [1.29, 1.82) is 0 Å². The molecule has 2 aliphatic heterocycles. The van der Waals surface area contributed by atoms with E-state index in [1.165, 1.54) is 19.3 Å². The summed E-state index contributed by atoms with van der Waals surface area (Å²) in [4.78, 5) is 13.7. The van der Waals surface area contributed by atoms with Gasteiger partial charge >= 0.3 is 0 Å². The minimum Gasteiger partial charge on any atom is -0.390 e. The second kappa shape index (κ2) is 7.02. The molecule has 0 bridgehead atoms. The van der Waals surface area contributed by atoms with E-state index in [0.29, 0.717) is 12.0 Å². The van der Waals surface area contributed by atoms with Gasteiger partial charge in [0.1, 0.15) is 5.82 Å². The van der Waals surface area contributed by atoms with Gasteiger partial charge in [0.25, 0.3) is 0 Å². The number of hydrogen-bond donors (Lipinski definition) is 1. The fourth-order valence-corrected chi connectivity index (χ4v) is 3.59. The summed E-state index contributed by atoms with van der Waals surface area (Å²) in [5, 5.41) is 10.4. The van der Waals surface area contributed by atoms with Gasteiger partial charge in [0.15, 0.2) is 0 Å². The van der Waals surface area contributed by atoms with E-state index < -0.39 is 0 Å². The SMILES string of the molecule is CC(C)c1ncc(CN2C[C@H](O)[C@@H](N3CCCCC3)C2)cn1. The van der Waals surface area contributed by atoms with Crippen LogP contribution in [0.5, 0.6) is 0 Å². The standard InChI is InChI=1S/C17H28N4O/c1-13(2)17-18-8-14(9-19-17)10-20-11-15(16(22)12-20)21-6-4-3-5-7-21/h8-9,13,15-16,22H,3-7,10-12H2,1-2H3/t15-,16-/m0/s1. The summed E-state index contributed by atoms with van der Waals surface area (Å²) in [5.74, 6) is 1.27. The third-order valence-electron chi connectivity index (χ3n) is 4.84. The van der Waals surface area contributed by atoms with Crippen LogP contribution in [0.4, 0.5) is 0 Å². The molecular formula is C17H28N4O. The Labute approximate surface area is 133 Å². The highest BCUT2D eigenvalue weighted by Crippen LogP contribution is 2.22. The zero-order valence-corrected chi connectivity index (χ0v) is 13.8. The van der Waals surface area contributed by atoms with Gasteiger partial charge in [-0.15, -0.1) is 0 Å². The number of aliphatic hydroxyl groups is 1. The molecule has 5 nitrogen and oxygen atoms in total. The van der Waals surface area contributed by atoms with E-state index in [0.717, 1.165) is 44.1 Å². The molecule has 2 aliphatic rings. The van der Waals surface area contributed by atoms with Gasteiger partial charge in [-0.25, -0.2) is 9.97 Å². The lowest BCUT2D eigenvalue weighted by Crippen LogP contribution is -2.45. The molecule has 2 atom stereocenters. The number of β-amino-alcohol motifs (C(OH)–C–C–N with tert-alkyl or cyclic N) is 1. The first kappa shape index (κ1) is 15.8. The summed E-state index contributed by atoms with van der Waals surface area (Å²) in [6.45, 7) is 9.04. The average molecular weight is 304 g/mol. The zero-order chi connectivity index (χ0) is 15.5. The van der Waals surface area contributed by atoms with E-state index in [1.54, 1.807) is 0 Å². The molecule has 122 valence electrons. The Morgan fingerprint density at radius 3 is 2.45 bits per heavy atom. The number of rotatable bonds is 4. The Morgan fingerprint density at radius 2 is 1.82 bits per heavy atom. The maximum atomic E-state index is 10.4. The third kappa shape index (κ3) is 3.65. The lowest BCUT2D eigenvalue weighted by molar-refractivity contribution is 0.0706. The molecule has 3 heterocycles. The Morgan fingerprint density at radius 1 is 1.14 bits per heavy atom. The smallest absolute Gasteiger partial charge is 0.130 e. The number of aromatic nitrogens is 2. The molecule has 0 aliphatic carbocycles. The van der Waals surface area contributed by atoms with Crippen LogP contribution in [0.3, 0.4) is 0 Å². The number of aliphatic hydroxyl groups excluding tert-OH is 1. The van der Waals surface area contributed by atoms with E-state index in [4.69, 9.17) is 0 Å². The first-order valence-electron chi connectivity index (χ1n) is 8.59. The van der Waals surface area contributed by atoms with Gasteiger partial charge in [-0.3, -0.25) is 9.80 Å². The molecule has 0 amide bonds. The van der Waals surface area contributed by atoms with Crippen LogP contribution >= 0.6 is 0 Å². The maximum absolute atomic E-state index is 10.4. The lowest BCUT2D eigenvalue weighted by atomic mass is 10.1. The van der Waals surface area contributed by atoms with Gasteiger partial charge in [-0.2, -0.15) is 0 Å². The molecule has 0 saturated carbocycles. The Balaban J connectivity index is 1.57. The van der Waals surface area contributed by atoms with E-state index in [9.17, 15) is 5.11 Å². The molecule has 1 aromatic heterocycles. The van der Waals surface area contributed by atoms with Crippen LogP contribution in [-0.4, -0.2) is 63.2 Å². The van der Waals surface area contributed by atoms with Gasteiger partial charge in [0, 0.05) is 49.6 Å². The van der Waals surface area contributed by atoms with E-state index in [1.807, 2.05) is 12.4 Å². The number of nitrogens with zero attached hydrogens (tertiary/aromatic N) is 4. The average Bonchev–Trinajstić information content (AvgIpc) is 2.89. The minimum absolute atomic E-state index is 0.228. The van der Waals surface area contributed by atoms with Crippen molar-refractivity contribution in [2.45, 2.75) is 57.7 Å². The molecular weight excluding hydrogens is 276 g/mol. The molecule has 1 aromatic rings. The first-order valence-corrected chi connectivity index (χ1v) is 8.59. The third-order valence-corrected chi connectivity index (χ3v) is 4.84. The summed E-state index contributed by atoms with van der Waals surface area (Å²) in [6, 6.07) is 0.302. The predicted octanol–water partition coefficient (Wildman–Crippen LogP) is 1.63. The topological polar surface area (TPSA) is 52.5 Å². The normalized spacial score (nSPS) is 27.6. The first-order chi connectivity index (χ1) is 10.6. The molecule has 1 N–H and O–H groups in total. The molecule has 5 heteroatoms. The predicted molar refractivity (Wildman–Crippen MR) is 86.6 cm³/mol. The van der Waals surface area contributed by atoms with Crippen LogP contribution in [0.1, 0.15) is 50.4 Å². The minimum atomic E-state index is -0.228. The van der Waals surface area contributed by atoms with E-state index in [2.05, 4.69) is 33.6 Å². The fourth-order valence-electron chi connectivity index (χ4n) is 3.59. The zero-order valence-electron chi connectivity index (χ0n) is 13.8. The van der Waals surface area contributed by atoms with Gasteiger partial charge < -0.3 is 5.11 Å². The van der Waals surface area contributed by atoms with Crippen LogP contribution in [-0.2, 0) is 6.54 Å². The number of likely N-dealkylation sites (tertiary alicyclic amines) is 2. The van der Waals surface area contributed by atoms with Crippen molar-refractivity contribution in [2.24, 2.45) is 0 Å². The van der Waals surface area contributed by atoms with Crippen LogP contribution in [0.2, 0.25) is 0 Å². The van der Waals surface area contributed by atoms with Crippen LogP contribution < -0.4 is 0 Å². The van der Waals surface area contributed by atoms with Crippen molar-refractivity contribution in [3.05, 3.63) is 23.8 Å². The lowest BCUT2D eigenvalue weighted by Gasteiger charge is -2.33. The van der Waals surface area contributed by atoms with E-state index in [-0.39, 0.29) is 6.10 Å². The Hall–Kier alpha value is -1.04. The summed E-state index contributed by atoms with van der Waals surface area (Å²) < 4.78 is 0. The monoisotopic (exact) mass is 304 g/mol. The Kier molecular flexibility index (Phi) is 5.06. The molecule has 2 saturated heterocycles. The largest absolute Gasteiger partial charge is 0.390 e. The second-order valence-corrected chi connectivity index (χ2v) is 7.03. The molecule has 22 heavy (non-hydrogen) atoms. The highest BCUT2D eigenvalue weighted by Gasteiger charge is 2.35. The summed E-state index contributed by atoms with van der Waals surface area (Å²) in [5.41, 5.74) is 1.14. The van der Waals surface area contributed by atoms with Gasteiger partial charge in [0.05, 0.1) is 6.10 Å². The molecule has 0 unspecified atom stereocenters. The van der Waals surface area contributed by atoms with Crippen molar-refractivity contribution < 1.29 is 5.11 Å². The van der Waals surface area contributed by atoms with Gasteiger partial charge in [-0.05, 0) is 25.9 Å². The van der Waals surface area contributed by atoms with Crippen molar-refractivity contribution in [2.75, 3.05) is 26.2 Å². The molecule has 0 aromatic carbocycles. The Bertz CT molecular complexity index is 470. The molecule has 0 spiro atoms. The van der Waals surface area contributed by atoms with Gasteiger partial charge in [0.2, 0.25) is 0 Å². The highest BCUT2D eigenvalue weighted by atomic mass is 16.3.